The normalized spacial score (nSPS) is 18.7. The molecule has 66 heavy (non-hydrogen) atoms. The number of nitrogens with two attached hydrogens (primary N) is 2. The van der Waals surface area contributed by atoms with Gasteiger partial charge >= 0.3 is 0 Å². The molecule has 3 aromatic heterocycles. The zero-order valence-corrected chi connectivity index (χ0v) is 37.7. The molecule has 344 valence electrons. The maximum absolute atomic E-state index is 15.4. The summed E-state index contributed by atoms with van der Waals surface area (Å²) in [5.74, 6) is 7.29. The minimum atomic E-state index is -2.71. The third-order valence-corrected chi connectivity index (χ3v) is 14.5. The van der Waals surface area contributed by atoms with Crippen LogP contribution in [-0.2, 0) is 30.7 Å². The fourth-order valence-corrected chi connectivity index (χ4v) is 11.0. The molecule has 2 fully saturated rings. The number of likely N-dealkylation sites (N-methyl/N-ethyl adjacent to an activating group) is 1. The van der Waals surface area contributed by atoms with Crippen LogP contribution < -0.4 is 21.4 Å². The van der Waals surface area contributed by atoms with Crippen LogP contribution in [0.15, 0.2) is 86.1 Å². The molecular weight excluding hydrogens is 837 g/mol. The molecule has 15 heteroatoms. The maximum atomic E-state index is 15.4. The molecule has 1 unspecified atom stereocenters. The minimum Gasteiger partial charge on any atom is -0.399 e. The minimum absolute atomic E-state index is 0.0175. The molecule has 1 amide bonds. The van der Waals surface area contributed by atoms with Crippen molar-refractivity contribution in [3.05, 3.63) is 120 Å². The molecule has 13 nitrogen and oxygen atoms in total. The Morgan fingerprint density at radius 1 is 1.02 bits per heavy atom. The van der Waals surface area contributed by atoms with E-state index in [2.05, 4.69) is 44.6 Å². The first-order valence-corrected chi connectivity index (χ1v) is 23.4. The second-order valence-electron chi connectivity index (χ2n) is 18.8. The highest BCUT2D eigenvalue weighted by molar-refractivity contribution is 6.10. The smallest absolute Gasteiger partial charge is 0.264 e. The molecule has 5 aliphatic rings. The van der Waals surface area contributed by atoms with E-state index in [0.29, 0.717) is 60.1 Å². The Kier molecular flexibility index (Phi) is 11.8. The summed E-state index contributed by atoms with van der Waals surface area (Å²) in [5.41, 5.74) is 16.2. The van der Waals surface area contributed by atoms with E-state index in [1.165, 1.54) is 35.4 Å². The van der Waals surface area contributed by atoms with Gasteiger partial charge in [0.25, 0.3) is 12.3 Å². The Morgan fingerprint density at radius 3 is 2.61 bits per heavy atom. The van der Waals surface area contributed by atoms with Crippen molar-refractivity contribution in [1.82, 2.24) is 34.1 Å². The number of fused-ring (bicyclic) bond motifs is 4. The number of rotatable bonds is 14. The van der Waals surface area contributed by atoms with Crippen molar-refractivity contribution < 1.29 is 18.4 Å². The maximum Gasteiger partial charge on any atom is 0.264 e. The largest absolute Gasteiger partial charge is 0.399 e. The summed E-state index contributed by atoms with van der Waals surface area (Å²) in [5, 5.41) is 7.73. The van der Waals surface area contributed by atoms with Gasteiger partial charge in [0, 0.05) is 120 Å². The van der Waals surface area contributed by atoms with E-state index in [0.717, 1.165) is 97.2 Å². The Morgan fingerprint density at radius 2 is 1.83 bits per heavy atom. The first-order chi connectivity index (χ1) is 32.0. The number of amides is 1. The highest BCUT2D eigenvalue weighted by atomic mass is 19.3. The van der Waals surface area contributed by atoms with Crippen molar-refractivity contribution in [2.24, 2.45) is 11.6 Å². The third kappa shape index (κ3) is 7.74. The molecular formula is C51H59F2N11O2. The average molecular weight is 896 g/mol. The second kappa shape index (κ2) is 17.8. The number of hydrogen-bond acceptors (Lipinski definition) is 10. The quantitative estimate of drug-likeness (QED) is 0.0486. The first-order valence-electron chi connectivity index (χ1n) is 23.4. The monoisotopic (exact) mass is 895 g/mol. The number of pyridine rings is 1. The van der Waals surface area contributed by atoms with Crippen LogP contribution in [0.4, 0.5) is 26.0 Å². The average Bonchev–Trinajstić information content (AvgIpc) is 3.94. The lowest BCUT2D eigenvalue weighted by Crippen LogP contribution is -2.60. The standard InChI is InChI=1S/C51H59F2N11O2/c1-4-5-11-37(31-65)63-32(2)39-15-14-36(22-42(39)51(63)66)59-27-38(28-59)62(55)26-34(54)25-60-30-44(43-24-56-18-16-46(43)60)40-21-33-10-9-19-61(48(33)23-41(40)49(52)53)50-45-29-58(3)20-17-47(45)64(57-50)35-12-7-6-8-13-35/h4,14-16,18,21-24,26,30-31,35,37-38,49H,1-2,5-13,17,19-20,25,27-29,54-55H2,3H3/b34-26-. The van der Waals surface area contributed by atoms with Crippen LogP contribution in [0.3, 0.4) is 0 Å². The van der Waals surface area contributed by atoms with Crippen LogP contribution in [0.1, 0.15) is 102 Å². The summed E-state index contributed by atoms with van der Waals surface area (Å²) in [4.78, 5) is 38.0. The lowest BCUT2D eigenvalue weighted by molar-refractivity contribution is -0.111. The molecule has 0 bridgehead atoms. The molecule has 0 radical (unpaired) electrons. The lowest BCUT2D eigenvalue weighted by Gasteiger charge is -2.44. The Labute approximate surface area is 384 Å². The Balaban J connectivity index is 0.879. The number of allylic oxidation sites excluding steroid dienone is 2. The Bertz CT molecular complexity index is 2750. The van der Waals surface area contributed by atoms with Gasteiger partial charge in [-0.05, 0) is 87.0 Å². The fourth-order valence-electron chi connectivity index (χ4n) is 11.0. The van der Waals surface area contributed by atoms with Gasteiger partial charge in [0.15, 0.2) is 5.82 Å². The van der Waals surface area contributed by atoms with Crippen molar-refractivity contribution >= 4 is 46.0 Å². The molecule has 5 aromatic rings. The summed E-state index contributed by atoms with van der Waals surface area (Å²) in [6.45, 7) is 11.9. The van der Waals surface area contributed by atoms with Crippen LogP contribution >= 0.6 is 0 Å². The zero-order chi connectivity index (χ0) is 45.8. The van der Waals surface area contributed by atoms with Crippen LogP contribution in [-0.4, -0.2) is 91.6 Å². The number of aromatic nitrogens is 4. The number of alkyl halides is 2. The summed E-state index contributed by atoms with van der Waals surface area (Å²) in [7, 11) is 2.15. The van der Waals surface area contributed by atoms with Gasteiger partial charge in [-0.3, -0.25) is 19.4 Å². The van der Waals surface area contributed by atoms with Crippen molar-refractivity contribution in [2.75, 3.05) is 43.0 Å². The van der Waals surface area contributed by atoms with E-state index in [1.807, 2.05) is 41.1 Å². The number of carbonyl (C=O) groups is 2. The first kappa shape index (κ1) is 43.6. The van der Waals surface area contributed by atoms with E-state index >= 15 is 8.78 Å². The van der Waals surface area contributed by atoms with E-state index in [4.69, 9.17) is 16.7 Å². The zero-order valence-electron chi connectivity index (χ0n) is 37.7. The van der Waals surface area contributed by atoms with Gasteiger partial charge < -0.3 is 34.8 Å². The van der Waals surface area contributed by atoms with Crippen molar-refractivity contribution in [3.63, 3.8) is 0 Å². The predicted molar refractivity (Wildman–Crippen MR) is 255 cm³/mol. The van der Waals surface area contributed by atoms with Crippen molar-refractivity contribution in [2.45, 2.75) is 102 Å². The number of benzene rings is 2. The second-order valence-corrected chi connectivity index (χ2v) is 18.8. The van der Waals surface area contributed by atoms with E-state index < -0.39 is 12.5 Å². The number of hydrogen-bond donors (Lipinski definition) is 2. The van der Waals surface area contributed by atoms with Gasteiger partial charge in [-0.1, -0.05) is 38.0 Å². The van der Waals surface area contributed by atoms with Crippen molar-refractivity contribution in [3.8, 4) is 11.1 Å². The summed E-state index contributed by atoms with van der Waals surface area (Å²) in [6, 6.07) is 11.0. The fraction of sp³-hybridized carbons (Fsp3) is 0.412. The summed E-state index contributed by atoms with van der Waals surface area (Å²) in [6.07, 6.45) is 16.6. The van der Waals surface area contributed by atoms with Crippen LogP contribution in [0.25, 0.3) is 27.7 Å². The summed E-state index contributed by atoms with van der Waals surface area (Å²) >= 11 is 0. The molecule has 0 spiro atoms. The number of aldehydes is 1. The van der Waals surface area contributed by atoms with Crippen LogP contribution in [0.5, 0.6) is 0 Å². The van der Waals surface area contributed by atoms with Crippen LogP contribution in [0.2, 0.25) is 0 Å². The van der Waals surface area contributed by atoms with Gasteiger partial charge in [0.1, 0.15) is 6.29 Å². The topological polar surface area (TPSA) is 138 Å². The lowest BCUT2D eigenvalue weighted by atomic mass is 9.91. The number of carbonyl (C=O) groups excluding carboxylic acids is 2. The van der Waals surface area contributed by atoms with E-state index in [1.54, 1.807) is 35.7 Å². The van der Waals surface area contributed by atoms with Gasteiger partial charge in [-0.15, -0.1) is 6.58 Å². The third-order valence-electron chi connectivity index (χ3n) is 14.5. The highest BCUT2D eigenvalue weighted by Gasteiger charge is 2.38. The van der Waals surface area contributed by atoms with E-state index in [-0.39, 0.29) is 24.1 Å². The van der Waals surface area contributed by atoms with Crippen LogP contribution in [0, 0.1) is 0 Å². The van der Waals surface area contributed by atoms with Gasteiger partial charge in [-0.2, -0.15) is 5.10 Å². The molecule has 1 saturated carbocycles. The number of halogens is 2. The molecule has 4 N–H and O–H groups in total. The van der Waals surface area contributed by atoms with E-state index in [9.17, 15) is 9.59 Å². The SMILES string of the molecule is C=CCCC(C=O)N1C(=C)c2ccc(N3CC(N(N)/C=C(\N)Cn4cc(-c5cc6c(cc5C(F)F)N(c5nn(C7CCCCC7)c7c5CN(C)CC7)CCC6)c5cnccc54)C3)cc2C1=O. The molecule has 4 aliphatic heterocycles. The molecule has 1 saturated heterocycles. The van der Waals surface area contributed by atoms with Gasteiger partial charge in [0.2, 0.25) is 0 Å². The molecule has 1 aliphatic carbocycles. The predicted octanol–water partition coefficient (Wildman–Crippen LogP) is 8.24. The van der Waals surface area contributed by atoms with Crippen molar-refractivity contribution in [1.29, 1.82) is 0 Å². The number of nitrogens with zero attached hydrogens (tertiary/aromatic N) is 9. The highest BCUT2D eigenvalue weighted by Crippen LogP contribution is 2.46. The number of hydrazine groups is 1. The number of aryl methyl sites for hydroxylation is 1. The molecule has 10 rings (SSSR count). The molecule has 2 aromatic carbocycles. The van der Waals surface area contributed by atoms with Gasteiger partial charge in [-0.25, -0.2) is 14.6 Å². The number of anilines is 3. The Hall–Kier alpha value is -6.32. The molecule has 1 atom stereocenters. The molecule has 7 heterocycles. The summed E-state index contributed by atoms with van der Waals surface area (Å²) < 4.78 is 35.1. The van der Waals surface area contributed by atoms with Gasteiger partial charge in [0.05, 0.1) is 35.8 Å².